The van der Waals surface area contributed by atoms with Crippen molar-refractivity contribution in [3.05, 3.63) is 36.5 Å². The van der Waals surface area contributed by atoms with Gasteiger partial charge in [-0.1, -0.05) is 121 Å². The van der Waals surface area contributed by atoms with Crippen LogP contribution in [0.3, 0.4) is 0 Å². The molecule has 0 rings (SSSR count). The van der Waals surface area contributed by atoms with Gasteiger partial charge in [-0.2, -0.15) is 0 Å². The summed E-state index contributed by atoms with van der Waals surface area (Å²) in [7, 11) is -4.71. The molecule has 0 fully saturated rings. The normalized spacial score (nSPS) is 14.3. The van der Waals surface area contributed by atoms with Gasteiger partial charge in [0.05, 0.1) is 13.2 Å². The van der Waals surface area contributed by atoms with E-state index < -0.39 is 51.1 Å². The lowest BCUT2D eigenvalue weighted by Crippen LogP contribution is -2.34. The van der Waals surface area contributed by atoms with Gasteiger partial charge in [0.25, 0.3) is 0 Å². The molecule has 0 spiro atoms. The number of aliphatic carboxylic acids is 1. The molecule has 12 heteroatoms. The SMILES string of the molecule is CCCC/C=C\CCCCCCCC(=O)OCC(COP(=O)(O)OCC(N)C(=O)O)OC(=O)CCCCCCC/C=C\C/C=C\CCCCCC. The fourth-order valence-electron chi connectivity index (χ4n) is 4.96. The lowest BCUT2D eigenvalue weighted by molar-refractivity contribution is -0.161. The van der Waals surface area contributed by atoms with Crippen molar-refractivity contribution in [2.24, 2.45) is 5.73 Å². The Balaban J connectivity index is 4.46. The number of esters is 2. The number of carboxylic acids is 1. The van der Waals surface area contributed by atoms with Gasteiger partial charge in [0.15, 0.2) is 6.10 Å². The van der Waals surface area contributed by atoms with Gasteiger partial charge in [-0.05, 0) is 64.2 Å². The molecule has 0 saturated heterocycles. The Morgan fingerprint density at radius 1 is 0.608 bits per heavy atom. The third-order valence-electron chi connectivity index (χ3n) is 8.11. The highest BCUT2D eigenvalue weighted by atomic mass is 31.2. The molecule has 0 aliphatic rings. The number of rotatable bonds is 36. The van der Waals surface area contributed by atoms with Crippen molar-refractivity contribution in [1.29, 1.82) is 0 Å². The molecular weight excluding hydrogens is 673 g/mol. The molecule has 3 atom stereocenters. The van der Waals surface area contributed by atoms with Gasteiger partial charge < -0.3 is 25.2 Å². The summed E-state index contributed by atoms with van der Waals surface area (Å²) in [5.74, 6) is -2.41. The fourth-order valence-corrected chi connectivity index (χ4v) is 5.73. The Kier molecular flexibility index (Phi) is 33.2. The topological polar surface area (TPSA) is 172 Å². The first-order valence-corrected chi connectivity index (χ1v) is 21.0. The first-order chi connectivity index (χ1) is 24.6. The average Bonchev–Trinajstić information content (AvgIpc) is 3.10. The van der Waals surface area contributed by atoms with Crippen molar-refractivity contribution in [2.45, 2.75) is 174 Å². The van der Waals surface area contributed by atoms with Crippen LogP contribution in [0.4, 0.5) is 0 Å². The zero-order chi connectivity index (χ0) is 37.8. The summed E-state index contributed by atoms with van der Waals surface area (Å²) in [5, 5.41) is 8.86. The summed E-state index contributed by atoms with van der Waals surface area (Å²) in [6.07, 6.45) is 35.0. The molecule has 0 heterocycles. The van der Waals surface area contributed by atoms with E-state index in [-0.39, 0.29) is 19.4 Å². The summed E-state index contributed by atoms with van der Waals surface area (Å²) in [6, 6.07) is -1.52. The molecule has 0 saturated carbocycles. The smallest absolute Gasteiger partial charge is 0.472 e. The molecule has 0 bridgehead atoms. The second kappa shape index (κ2) is 34.8. The predicted molar refractivity (Wildman–Crippen MR) is 203 cm³/mol. The lowest BCUT2D eigenvalue weighted by atomic mass is 10.1. The minimum atomic E-state index is -4.71. The van der Waals surface area contributed by atoms with Crippen LogP contribution in [0, 0.1) is 0 Å². The average molecular weight is 744 g/mol. The molecule has 0 aromatic rings. The molecule has 51 heavy (non-hydrogen) atoms. The number of ether oxygens (including phenoxy) is 2. The van der Waals surface area contributed by atoms with E-state index in [0.29, 0.717) is 12.8 Å². The monoisotopic (exact) mass is 743 g/mol. The number of carboxylic acid groups (broad SMARTS) is 1. The number of phosphoric acid groups is 1. The van der Waals surface area contributed by atoms with Crippen molar-refractivity contribution in [1.82, 2.24) is 0 Å². The van der Waals surface area contributed by atoms with Gasteiger partial charge in [-0.15, -0.1) is 0 Å². The van der Waals surface area contributed by atoms with Crippen LogP contribution >= 0.6 is 7.82 Å². The van der Waals surface area contributed by atoms with Gasteiger partial charge in [0.1, 0.15) is 12.6 Å². The minimum absolute atomic E-state index is 0.143. The van der Waals surface area contributed by atoms with Crippen LogP contribution in [0.15, 0.2) is 36.5 Å². The Bertz CT molecular complexity index is 1020. The van der Waals surface area contributed by atoms with Crippen LogP contribution in [-0.4, -0.2) is 59.9 Å². The fraction of sp³-hybridized carbons (Fsp3) is 0.769. The van der Waals surface area contributed by atoms with Gasteiger partial charge in [0, 0.05) is 12.8 Å². The predicted octanol–water partition coefficient (Wildman–Crippen LogP) is 9.67. The maximum absolute atomic E-state index is 12.6. The van der Waals surface area contributed by atoms with E-state index in [9.17, 15) is 23.8 Å². The lowest BCUT2D eigenvalue weighted by Gasteiger charge is -2.20. The standard InChI is InChI=1S/C39H70NO10P/c1-3-5-7-9-11-13-15-16-17-18-19-21-23-25-27-29-31-38(42)50-35(33-48-51(45,46)49-34-36(40)39(43)44)32-47-37(41)30-28-26-24-22-20-14-12-10-8-6-4-2/h10,12-13,15,17-18,35-36H,3-9,11,14,16,19-34,40H2,1-2H3,(H,43,44)(H,45,46)/b12-10-,15-13-,18-17-. The highest BCUT2D eigenvalue weighted by Gasteiger charge is 2.28. The van der Waals surface area contributed by atoms with Crippen molar-refractivity contribution in [3.8, 4) is 0 Å². The quantitative estimate of drug-likeness (QED) is 0.0241. The zero-order valence-electron chi connectivity index (χ0n) is 31.7. The maximum Gasteiger partial charge on any atom is 0.472 e. The number of hydrogen-bond acceptors (Lipinski definition) is 9. The molecule has 0 aromatic heterocycles. The Morgan fingerprint density at radius 2 is 1.06 bits per heavy atom. The number of hydrogen-bond donors (Lipinski definition) is 3. The Labute approximate surface area is 308 Å². The van der Waals surface area contributed by atoms with E-state index >= 15 is 0 Å². The van der Waals surface area contributed by atoms with Crippen LogP contribution in [0.5, 0.6) is 0 Å². The third kappa shape index (κ3) is 34.5. The minimum Gasteiger partial charge on any atom is -0.480 e. The summed E-state index contributed by atoms with van der Waals surface area (Å²) in [5.41, 5.74) is 5.31. The third-order valence-corrected chi connectivity index (χ3v) is 9.06. The second-order valence-electron chi connectivity index (χ2n) is 13.1. The largest absolute Gasteiger partial charge is 0.480 e. The maximum atomic E-state index is 12.6. The van der Waals surface area contributed by atoms with E-state index in [2.05, 4.69) is 54.8 Å². The number of phosphoric ester groups is 1. The molecule has 11 nitrogen and oxygen atoms in total. The van der Waals surface area contributed by atoms with E-state index in [1.807, 2.05) is 0 Å². The molecule has 0 amide bonds. The van der Waals surface area contributed by atoms with Crippen LogP contribution in [0.2, 0.25) is 0 Å². The first kappa shape index (κ1) is 48.7. The van der Waals surface area contributed by atoms with Gasteiger partial charge in [-0.3, -0.25) is 23.4 Å². The molecule has 0 aliphatic carbocycles. The summed E-state index contributed by atoms with van der Waals surface area (Å²) < 4.78 is 32.5. The van der Waals surface area contributed by atoms with E-state index in [0.717, 1.165) is 83.5 Å². The van der Waals surface area contributed by atoms with Crippen LogP contribution < -0.4 is 5.73 Å². The van der Waals surface area contributed by atoms with Crippen LogP contribution in [-0.2, 0) is 37.5 Å². The summed E-state index contributed by atoms with van der Waals surface area (Å²) >= 11 is 0. The van der Waals surface area contributed by atoms with Crippen molar-refractivity contribution in [2.75, 3.05) is 19.8 Å². The van der Waals surface area contributed by atoms with Gasteiger partial charge in [-0.25, -0.2) is 4.57 Å². The van der Waals surface area contributed by atoms with Crippen molar-refractivity contribution < 1.29 is 47.5 Å². The molecule has 0 aliphatic heterocycles. The van der Waals surface area contributed by atoms with Crippen LogP contribution in [0.1, 0.15) is 162 Å². The molecule has 0 aromatic carbocycles. The second-order valence-corrected chi connectivity index (χ2v) is 14.5. The Morgan fingerprint density at radius 3 is 1.61 bits per heavy atom. The number of carbonyl (C=O) groups is 3. The number of unbranched alkanes of at least 4 members (excludes halogenated alkanes) is 16. The summed E-state index contributed by atoms with van der Waals surface area (Å²) in [4.78, 5) is 45.7. The highest BCUT2D eigenvalue weighted by Crippen LogP contribution is 2.43. The van der Waals surface area contributed by atoms with Crippen molar-refractivity contribution >= 4 is 25.7 Å². The van der Waals surface area contributed by atoms with Crippen molar-refractivity contribution in [3.63, 3.8) is 0 Å². The highest BCUT2D eigenvalue weighted by molar-refractivity contribution is 7.47. The molecule has 4 N–H and O–H groups in total. The number of allylic oxidation sites excluding steroid dienone is 6. The first-order valence-electron chi connectivity index (χ1n) is 19.5. The zero-order valence-corrected chi connectivity index (χ0v) is 32.6. The molecule has 3 unspecified atom stereocenters. The Hall–Kier alpha value is -2.30. The van der Waals surface area contributed by atoms with E-state index in [1.54, 1.807) is 0 Å². The van der Waals surface area contributed by atoms with E-state index in [1.165, 1.54) is 38.5 Å². The number of carbonyl (C=O) groups excluding carboxylic acids is 2. The molecular formula is C39H70NO10P. The van der Waals surface area contributed by atoms with E-state index in [4.69, 9.17) is 24.8 Å². The molecule has 296 valence electrons. The summed E-state index contributed by atoms with van der Waals surface area (Å²) in [6.45, 7) is 2.70. The van der Waals surface area contributed by atoms with Crippen LogP contribution in [0.25, 0.3) is 0 Å². The van der Waals surface area contributed by atoms with Gasteiger partial charge in [0.2, 0.25) is 0 Å². The van der Waals surface area contributed by atoms with Gasteiger partial charge >= 0.3 is 25.7 Å². The number of nitrogens with two attached hydrogens (primary N) is 1. The molecule has 0 radical (unpaired) electrons.